The highest BCUT2D eigenvalue weighted by molar-refractivity contribution is 5.98. The van der Waals surface area contributed by atoms with Gasteiger partial charge in [0, 0.05) is 18.3 Å². The number of amides is 1. The predicted octanol–water partition coefficient (Wildman–Crippen LogP) is 2.14. The van der Waals surface area contributed by atoms with E-state index in [9.17, 15) is 9.18 Å². The van der Waals surface area contributed by atoms with Gasteiger partial charge in [-0.25, -0.2) is 9.37 Å². The van der Waals surface area contributed by atoms with Gasteiger partial charge in [-0.3, -0.25) is 9.78 Å². The molecular weight excluding hydrogens is 323 g/mol. The number of nitrogens with two attached hydrogens (primary N) is 2. The number of aromatic nitrogens is 2. The van der Waals surface area contributed by atoms with Crippen molar-refractivity contribution in [2.24, 2.45) is 11.5 Å². The Morgan fingerprint density at radius 1 is 1.36 bits per heavy atom. The second kappa shape index (κ2) is 7.02. The van der Waals surface area contributed by atoms with E-state index in [1.165, 1.54) is 0 Å². The zero-order valence-electron chi connectivity index (χ0n) is 13.8. The fourth-order valence-electron chi connectivity index (χ4n) is 2.53. The Kier molecular flexibility index (Phi) is 4.80. The normalized spacial score (nSPS) is 14.8. The zero-order valence-corrected chi connectivity index (χ0v) is 13.8. The first-order chi connectivity index (χ1) is 12.0. The highest BCUT2D eigenvalue weighted by Crippen LogP contribution is 2.36. The van der Waals surface area contributed by atoms with Gasteiger partial charge >= 0.3 is 0 Å². The Morgan fingerprint density at radius 2 is 2.16 bits per heavy atom. The van der Waals surface area contributed by atoms with E-state index >= 15 is 0 Å². The summed E-state index contributed by atoms with van der Waals surface area (Å²) >= 11 is 0. The number of pyridine rings is 2. The van der Waals surface area contributed by atoms with Crippen molar-refractivity contribution < 1.29 is 9.18 Å². The lowest BCUT2D eigenvalue weighted by Crippen LogP contribution is -2.22. The molecule has 1 amide bonds. The first kappa shape index (κ1) is 17.1. The SMILES string of the molecule is NC(=O)c1cc(F)c(NCCCC2(N)CC2)nc1Nc1cccnc1. The molecule has 0 aromatic carbocycles. The Bertz CT molecular complexity index is 763. The van der Waals surface area contributed by atoms with E-state index in [1.807, 2.05) is 0 Å². The van der Waals surface area contributed by atoms with Crippen molar-refractivity contribution >= 4 is 23.2 Å². The van der Waals surface area contributed by atoms with Crippen molar-refractivity contribution in [3.05, 3.63) is 42.0 Å². The molecule has 0 radical (unpaired) electrons. The van der Waals surface area contributed by atoms with Crippen molar-refractivity contribution in [2.45, 2.75) is 31.2 Å². The summed E-state index contributed by atoms with van der Waals surface area (Å²) in [7, 11) is 0. The fourth-order valence-corrected chi connectivity index (χ4v) is 2.53. The number of carbonyl (C=O) groups is 1. The van der Waals surface area contributed by atoms with Crippen molar-refractivity contribution in [2.75, 3.05) is 17.2 Å². The van der Waals surface area contributed by atoms with Crippen LogP contribution in [0.5, 0.6) is 0 Å². The average Bonchev–Trinajstić information content (AvgIpc) is 3.32. The largest absolute Gasteiger partial charge is 0.368 e. The monoisotopic (exact) mass is 344 g/mol. The lowest BCUT2D eigenvalue weighted by atomic mass is 10.1. The van der Waals surface area contributed by atoms with E-state index in [4.69, 9.17) is 11.5 Å². The Balaban J connectivity index is 1.73. The van der Waals surface area contributed by atoms with Crippen LogP contribution >= 0.6 is 0 Å². The Labute approximate surface area is 145 Å². The topological polar surface area (TPSA) is 119 Å². The summed E-state index contributed by atoms with van der Waals surface area (Å²) in [4.78, 5) is 19.7. The molecule has 1 aliphatic rings. The summed E-state index contributed by atoms with van der Waals surface area (Å²) in [6.07, 6.45) is 7.00. The molecule has 0 aliphatic heterocycles. The number of nitrogens with one attached hydrogen (secondary N) is 2. The van der Waals surface area contributed by atoms with Crippen molar-refractivity contribution in [3.8, 4) is 0 Å². The third-order valence-electron chi connectivity index (χ3n) is 4.20. The summed E-state index contributed by atoms with van der Waals surface area (Å²) in [5.74, 6) is -1.14. The van der Waals surface area contributed by atoms with Crippen LogP contribution in [0.2, 0.25) is 0 Å². The molecule has 0 unspecified atom stereocenters. The van der Waals surface area contributed by atoms with Gasteiger partial charge in [-0.15, -0.1) is 0 Å². The molecule has 2 heterocycles. The summed E-state index contributed by atoms with van der Waals surface area (Å²) in [6.45, 7) is 0.547. The standard InChI is InChI=1S/C17H21FN6O/c18-13-9-12(14(19)25)15(23-11-3-1-7-21-10-11)24-16(13)22-8-2-4-17(20)5-6-17/h1,3,7,9-10H,2,4-6,8,20H2,(H2,19,25)(H2,22,23,24). The molecule has 6 N–H and O–H groups in total. The molecule has 3 rings (SSSR count). The lowest BCUT2D eigenvalue weighted by Gasteiger charge is -2.14. The molecule has 0 saturated heterocycles. The van der Waals surface area contributed by atoms with Gasteiger partial charge in [0.2, 0.25) is 0 Å². The quantitative estimate of drug-likeness (QED) is 0.545. The van der Waals surface area contributed by atoms with Crippen LogP contribution in [0.25, 0.3) is 0 Å². The summed E-state index contributed by atoms with van der Waals surface area (Å²) in [6, 6.07) is 4.57. The van der Waals surface area contributed by atoms with Gasteiger partial charge in [0.15, 0.2) is 11.6 Å². The predicted molar refractivity (Wildman–Crippen MR) is 94.1 cm³/mol. The van der Waals surface area contributed by atoms with Gasteiger partial charge < -0.3 is 22.1 Å². The van der Waals surface area contributed by atoms with Crippen LogP contribution in [0, 0.1) is 5.82 Å². The van der Waals surface area contributed by atoms with Crippen LogP contribution in [-0.2, 0) is 0 Å². The second-order valence-corrected chi connectivity index (χ2v) is 6.34. The molecule has 1 aliphatic carbocycles. The smallest absolute Gasteiger partial charge is 0.252 e. The van der Waals surface area contributed by atoms with Gasteiger partial charge in [-0.1, -0.05) is 0 Å². The van der Waals surface area contributed by atoms with Gasteiger partial charge in [0.05, 0.1) is 17.4 Å². The molecule has 2 aromatic rings. The number of primary amides is 1. The maximum atomic E-state index is 14.2. The number of rotatable bonds is 8. The van der Waals surface area contributed by atoms with Gasteiger partial charge in [0.1, 0.15) is 5.82 Å². The highest BCUT2D eigenvalue weighted by atomic mass is 19.1. The molecule has 132 valence electrons. The number of carbonyl (C=O) groups excluding carboxylic acids is 1. The molecule has 0 bridgehead atoms. The lowest BCUT2D eigenvalue weighted by molar-refractivity contribution is 0.100. The fraction of sp³-hybridized carbons (Fsp3) is 0.353. The van der Waals surface area contributed by atoms with E-state index in [-0.39, 0.29) is 22.7 Å². The molecule has 1 saturated carbocycles. The van der Waals surface area contributed by atoms with Gasteiger partial charge in [-0.05, 0) is 43.9 Å². The summed E-state index contributed by atoms with van der Waals surface area (Å²) in [5, 5.41) is 5.90. The Morgan fingerprint density at radius 3 is 2.80 bits per heavy atom. The third kappa shape index (κ3) is 4.42. The first-order valence-corrected chi connectivity index (χ1v) is 8.17. The van der Waals surface area contributed by atoms with E-state index in [0.717, 1.165) is 31.7 Å². The third-order valence-corrected chi connectivity index (χ3v) is 4.20. The number of hydrogen-bond acceptors (Lipinski definition) is 6. The second-order valence-electron chi connectivity index (χ2n) is 6.34. The van der Waals surface area contributed by atoms with Crippen LogP contribution in [0.4, 0.5) is 21.7 Å². The molecule has 2 aromatic heterocycles. The highest BCUT2D eigenvalue weighted by Gasteiger charge is 2.36. The summed E-state index contributed by atoms with van der Waals surface area (Å²) in [5.41, 5.74) is 11.9. The van der Waals surface area contributed by atoms with Gasteiger partial charge in [-0.2, -0.15) is 0 Å². The minimum atomic E-state index is -0.761. The van der Waals surface area contributed by atoms with Crippen molar-refractivity contribution in [1.29, 1.82) is 0 Å². The molecule has 0 spiro atoms. The van der Waals surface area contributed by atoms with Crippen molar-refractivity contribution in [3.63, 3.8) is 0 Å². The molecule has 25 heavy (non-hydrogen) atoms. The van der Waals surface area contributed by atoms with E-state index in [0.29, 0.717) is 12.2 Å². The minimum Gasteiger partial charge on any atom is -0.368 e. The molecule has 0 atom stereocenters. The number of hydrogen-bond donors (Lipinski definition) is 4. The number of nitrogens with zero attached hydrogens (tertiary/aromatic N) is 2. The number of anilines is 3. The first-order valence-electron chi connectivity index (χ1n) is 8.17. The van der Waals surface area contributed by atoms with Crippen LogP contribution in [0.1, 0.15) is 36.0 Å². The number of halogens is 1. The molecule has 7 nitrogen and oxygen atoms in total. The molecule has 1 fully saturated rings. The average molecular weight is 344 g/mol. The van der Waals surface area contributed by atoms with Crippen molar-refractivity contribution in [1.82, 2.24) is 9.97 Å². The van der Waals surface area contributed by atoms with Crippen LogP contribution < -0.4 is 22.1 Å². The molecular formula is C17H21FN6O. The van der Waals surface area contributed by atoms with Crippen LogP contribution in [0.15, 0.2) is 30.6 Å². The maximum Gasteiger partial charge on any atom is 0.252 e. The molecule has 8 heteroatoms. The zero-order chi connectivity index (χ0) is 17.9. The minimum absolute atomic E-state index is 0.0224. The van der Waals surface area contributed by atoms with Crippen LogP contribution in [0.3, 0.4) is 0 Å². The van der Waals surface area contributed by atoms with Gasteiger partial charge in [0.25, 0.3) is 5.91 Å². The maximum absolute atomic E-state index is 14.2. The van der Waals surface area contributed by atoms with E-state index in [1.54, 1.807) is 24.5 Å². The van der Waals surface area contributed by atoms with E-state index in [2.05, 4.69) is 20.6 Å². The summed E-state index contributed by atoms with van der Waals surface area (Å²) < 4.78 is 14.2. The van der Waals surface area contributed by atoms with Crippen LogP contribution in [-0.4, -0.2) is 28.0 Å². The van der Waals surface area contributed by atoms with E-state index < -0.39 is 11.7 Å². The Hall–Kier alpha value is -2.74.